The largest absolute Gasteiger partial charge is 0.350 e. The van der Waals surface area contributed by atoms with Gasteiger partial charge in [-0.25, -0.2) is 20.1 Å². The third-order valence-electron chi connectivity index (χ3n) is 5.25. The van der Waals surface area contributed by atoms with Crippen molar-refractivity contribution in [3.05, 3.63) is 36.5 Å². The van der Waals surface area contributed by atoms with Crippen molar-refractivity contribution in [3.8, 4) is 5.82 Å². The molecule has 4 unspecified atom stereocenters. The number of carbonyl (C=O) groups excluding carboxylic acids is 1. The fourth-order valence-electron chi connectivity index (χ4n) is 3.92. The zero-order chi connectivity index (χ0) is 17.2. The molecule has 4 atom stereocenters. The Morgan fingerprint density at radius 1 is 1.40 bits per heavy atom. The Labute approximate surface area is 146 Å². The van der Waals surface area contributed by atoms with Gasteiger partial charge in [-0.1, -0.05) is 13.0 Å². The number of hydrogen-bond acceptors (Lipinski definition) is 6. The SMILES string of the molecule is CC1CCC2NNC(C(=O)NCc3cccnc3-n3cncn3)C2C1. The molecule has 8 heteroatoms. The predicted molar refractivity (Wildman–Crippen MR) is 91.4 cm³/mol. The summed E-state index contributed by atoms with van der Waals surface area (Å²) in [6.07, 6.45) is 8.21. The third kappa shape index (κ3) is 3.27. The summed E-state index contributed by atoms with van der Waals surface area (Å²) in [4.78, 5) is 21.0. The van der Waals surface area contributed by atoms with Gasteiger partial charge in [-0.3, -0.25) is 10.2 Å². The van der Waals surface area contributed by atoms with Crippen LogP contribution < -0.4 is 16.2 Å². The summed E-state index contributed by atoms with van der Waals surface area (Å²) in [6, 6.07) is 4.02. The van der Waals surface area contributed by atoms with Crippen LogP contribution in [0.3, 0.4) is 0 Å². The number of pyridine rings is 1. The van der Waals surface area contributed by atoms with E-state index in [4.69, 9.17) is 0 Å². The number of nitrogens with one attached hydrogen (secondary N) is 3. The Morgan fingerprint density at radius 2 is 2.32 bits per heavy atom. The maximum absolute atomic E-state index is 12.7. The van der Waals surface area contributed by atoms with Crippen LogP contribution in [-0.2, 0) is 11.3 Å². The van der Waals surface area contributed by atoms with E-state index in [2.05, 4.69) is 38.2 Å². The maximum Gasteiger partial charge on any atom is 0.239 e. The van der Waals surface area contributed by atoms with Gasteiger partial charge >= 0.3 is 0 Å². The standard InChI is InChI=1S/C17H23N7O/c1-11-4-5-14-13(7-11)15(23-22-14)17(25)20-8-12-3-2-6-19-16(12)24-10-18-9-21-24/h2-3,6,9-11,13-15,22-23H,4-5,7-8H2,1H3,(H,20,25). The maximum atomic E-state index is 12.7. The number of fused-ring (bicyclic) bond motifs is 1. The second-order valence-electron chi connectivity index (χ2n) is 7.00. The second kappa shape index (κ2) is 6.89. The third-order valence-corrected chi connectivity index (χ3v) is 5.25. The molecule has 132 valence electrons. The molecule has 0 spiro atoms. The normalized spacial score (nSPS) is 28.5. The van der Waals surface area contributed by atoms with Gasteiger partial charge in [-0.2, -0.15) is 5.10 Å². The van der Waals surface area contributed by atoms with E-state index in [-0.39, 0.29) is 11.9 Å². The van der Waals surface area contributed by atoms with Crippen LogP contribution in [0.15, 0.2) is 31.0 Å². The smallest absolute Gasteiger partial charge is 0.239 e. The van der Waals surface area contributed by atoms with Crippen molar-refractivity contribution in [2.24, 2.45) is 11.8 Å². The van der Waals surface area contributed by atoms with Crippen molar-refractivity contribution < 1.29 is 4.79 Å². The van der Waals surface area contributed by atoms with Gasteiger partial charge in [0.2, 0.25) is 5.91 Å². The molecule has 2 fully saturated rings. The van der Waals surface area contributed by atoms with Gasteiger partial charge in [0.1, 0.15) is 18.7 Å². The van der Waals surface area contributed by atoms with E-state index in [1.807, 2.05) is 12.1 Å². The van der Waals surface area contributed by atoms with Crippen LogP contribution in [0.4, 0.5) is 0 Å². The van der Waals surface area contributed by atoms with Crippen LogP contribution in [-0.4, -0.2) is 37.7 Å². The fourth-order valence-corrected chi connectivity index (χ4v) is 3.92. The minimum absolute atomic E-state index is 0.0301. The first-order valence-corrected chi connectivity index (χ1v) is 8.80. The molecule has 25 heavy (non-hydrogen) atoms. The lowest BCUT2D eigenvalue weighted by Gasteiger charge is -2.30. The molecule has 4 rings (SSSR count). The Balaban J connectivity index is 1.43. The van der Waals surface area contributed by atoms with Crippen molar-refractivity contribution in [3.63, 3.8) is 0 Å². The van der Waals surface area contributed by atoms with Crippen molar-refractivity contribution in [2.45, 2.75) is 44.8 Å². The van der Waals surface area contributed by atoms with E-state index >= 15 is 0 Å². The Hall–Kier alpha value is -2.32. The number of hydrazine groups is 1. The molecule has 1 saturated heterocycles. The molecule has 0 bridgehead atoms. The highest BCUT2D eigenvalue weighted by molar-refractivity contribution is 5.82. The lowest BCUT2D eigenvalue weighted by Crippen LogP contribution is -2.46. The molecule has 1 aliphatic heterocycles. The van der Waals surface area contributed by atoms with E-state index in [0.29, 0.717) is 30.2 Å². The molecular weight excluding hydrogens is 318 g/mol. The van der Waals surface area contributed by atoms with Gasteiger partial charge in [0.15, 0.2) is 5.82 Å². The topological polar surface area (TPSA) is 96.8 Å². The zero-order valence-corrected chi connectivity index (χ0v) is 14.2. The van der Waals surface area contributed by atoms with Gasteiger partial charge in [-0.15, -0.1) is 0 Å². The van der Waals surface area contributed by atoms with Gasteiger partial charge in [0.05, 0.1) is 0 Å². The molecule has 0 aromatic carbocycles. The molecule has 2 aliphatic rings. The van der Waals surface area contributed by atoms with E-state index in [1.54, 1.807) is 17.2 Å². The van der Waals surface area contributed by atoms with Crippen LogP contribution in [0.2, 0.25) is 0 Å². The van der Waals surface area contributed by atoms with Crippen LogP contribution in [0.5, 0.6) is 0 Å². The first kappa shape index (κ1) is 16.2. The zero-order valence-electron chi connectivity index (χ0n) is 14.2. The summed E-state index contributed by atoms with van der Waals surface area (Å²) in [7, 11) is 0. The molecule has 0 radical (unpaired) electrons. The van der Waals surface area contributed by atoms with E-state index < -0.39 is 0 Å². The molecule has 1 amide bonds. The van der Waals surface area contributed by atoms with Crippen molar-refractivity contribution in [1.29, 1.82) is 0 Å². The predicted octanol–water partition coefficient (Wildman–Crippen LogP) is 0.560. The van der Waals surface area contributed by atoms with Crippen LogP contribution in [0.25, 0.3) is 5.82 Å². The molecule has 1 saturated carbocycles. The van der Waals surface area contributed by atoms with Crippen LogP contribution >= 0.6 is 0 Å². The summed E-state index contributed by atoms with van der Waals surface area (Å²) in [6.45, 7) is 2.68. The Kier molecular flexibility index (Phi) is 4.46. The summed E-state index contributed by atoms with van der Waals surface area (Å²) >= 11 is 0. The lowest BCUT2D eigenvalue weighted by molar-refractivity contribution is -0.124. The summed E-state index contributed by atoms with van der Waals surface area (Å²) in [5, 5.41) is 7.17. The summed E-state index contributed by atoms with van der Waals surface area (Å²) in [5.41, 5.74) is 7.39. The Morgan fingerprint density at radius 3 is 3.16 bits per heavy atom. The summed E-state index contributed by atoms with van der Waals surface area (Å²) in [5.74, 6) is 1.74. The molecule has 3 N–H and O–H groups in total. The second-order valence-corrected chi connectivity index (χ2v) is 7.00. The van der Waals surface area contributed by atoms with Crippen molar-refractivity contribution in [2.75, 3.05) is 0 Å². The first-order chi connectivity index (χ1) is 12.2. The molecule has 3 heterocycles. The van der Waals surface area contributed by atoms with E-state index in [1.165, 1.54) is 12.7 Å². The van der Waals surface area contributed by atoms with Crippen LogP contribution in [0.1, 0.15) is 31.7 Å². The number of rotatable bonds is 4. The average molecular weight is 341 g/mol. The fraction of sp³-hybridized carbons (Fsp3) is 0.529. The summed E-state index contributed by atoms with van der Waals surface area (Å²) < 4.78 is 1.61. The van der Waals surface area contributed by atoms with E-state index in [9.17, 15) is 4.79 Å². The number of aromatic nitrogens is 4. The van der Waals surface area contributed by atoms with Crippen LogP contribution in [0, 0.1) is 11.8 Å². The van der Waals surface area contributed by atoms with Crippen molar-refractivity contribution in [1.82, 2.24) is 35.9 Å². The van der Waals surface area contributed by atoms with Gasteiger partial charge in [0.25, 0.3) is 0 Å². The molecule has 2 aromatic rings. The average Bonchev–Trinajstić information content (AvgIpc) is 3.29. The molecule has 8 nitrogen and oxygen atoms in total. The minimum Gasteiger partial charge on any atom is -0.350 e. The number of hydrogen-bond donors (Lipinski definition) is 3. The lowest BCUT2D eigenvalue weighted by atomic mass is 9.76. The number of carbonyl (C=O) groups is 1. The van der Waals surface area contributed by atoms with Gasteiger partial charge in [0, 0.05) is 30.3 Å². The monoisotopic (exact) mass is 341 g/mol. The molecule has 1 aliphatic carbocycles. The van der Waals surface area contributed by atoms with Crippen molar-refractivity contribution >= 4 is 5.91 Å². The molecular formula is C17H23N7O. The Bertz CT molecular complexity index is 732. The molecule has 2 aromatic heterocycles. The highest BCUT2D eigenvalue weighted by Crippen LogP contribution is 2.33. The number of nitrogens with zero attached hydrogens (tertiary/aromatic N) is 4. The first-order valence-electron chi connectivity index (χ1n) is 8.80. The van der Waals surface area contributed by atoms with Gasteiger partial charge in [-0.05, 0) is 31.2 Å². The highest BCUT2D eigenvalue weighted by atomic mass is 16.2. The highest BCUT2D eigenvalue weighted by Gasteiger charge is 2.42. The minimum atomic E-state index is -0.181. The quantitative estimate of drug-likeness (QED) is 0.752. The number of amides is 1. The van der Waals surface area contributed by atoms with E-state index in [0.717, 1.165) is 18.4 Å². The van der Waals surface area contributed by atoms with Gasteiger partial charge < -0.3 is 5.32 Å².